The topological polar surface area (TPSA) is 61.4 Å². The molecular weight excluding hydrogens is 180 g/mol. The Hall–Kier alpha value is -0.610. The van der Waals surface area contributed by atoms with Crippen molar-refractivity contribution in [2.75, 3.05) is 13.2 Å². The van der Waals surface area contributed by atoms with Gasteiger partial charge in [0.25, 0.3) is 0 Å². The molecule has 0 aromatic rings. The van der Waals surface area contributed by atoms with E-state index >= 15 is 0 Å². The molecule has 0 spiro atoms. The summed E-state index contributed by atoms with van der Waals surface area (Å²) in [6.45, 7) is 4.43. The number of nitrogens with one attached hydrogen (secondary N) is 2. The van der Waals surface area contributed by atoms with Crippen LogP contribution in [-0.2, 0) is 4.79 Å². The van der Waals surface area contributed by atoms with E-state index in [-0.39, 0.29) is 24.5 Å². The molecule has 1 fully saturated rings. The zero-order valence-electron chi connectivity index (χ0n) is 8.92. The fourth-order valence-electron chi connectivity index (χ4n) is 1.12. The highest BCUT2D eigenvalue weighted by molar-refractivity contribution is 5.78. The van der Waals surface area contributed by atoms with Crippen molar-refractivity contribution in [3.8, 4) is 0 Å². The number of rotatable bonds is 6. The highest BCUT2D eigenvalue weighted by Crippen LogP contribution is 2.18. The van der Waals surface area contributed by atoms with Crippen LogP contribution in [0.4, 0.5) is 0 Å². The molecule has 0 aliphatic heterocycles. The van der Waals surface area contributed by atoms with E-state index in [9.17, 15) is 4.79 Å². The second-order valence-electron chi connectivity index (χ2n) is 4.17. The summed E-state index contributed by atoms with van der Waals surface area (Å²) in [6.07, 6.45) is 2.24. The maximum Gasteiger partial charge on any atom is 0.234 e. The van der Waals surface area contributed by atoms with Crippen LogP contribution in [0.15, 0.2) is 0 Å². The SMILES string of the molecule is CC(CO)C(C)NCC(=O)NC1CC1. The fraction of sp³-hybridized carbons (Fsp3) is 0.900. The number of aliphatic hydroxyl groups excluding tert-OH is 1. The quantitative estimate of drug-likeness (QED) is 0.560. The molecule has 4 nitrogen and oxygen atoms in total. The van der Waals surface area contributed by atoms with E-state index in [2.05, 4.69) is 10.6 Å². The fourth-order valence-corrected chi connectivity index (χ4v) is 1.12. The highest BCUT2D eigenvalue weighted by Gasteiger charge is 2.23. The van der Waals surface area contributed by atoms with Gasteiger partial charge in [0, 0.05) is 18.7 Å². The molecule has 0 heterocycles. The summed E-state index contributed by atoms with van der Waals surface area (Å²) in [5.74, 6) is 0.244. The van der Waals surface area contributed by atoms with Crippen molar-refractivity contribution in [1.82, 2.24) is 10.6 Å². The molecule has 1 rings (SSSR count). The number of aliphatic hydroxyl groups is 1. The van der Waals surface area contributed by atoms with Crippen molar-refractivity contribution in [1.29, 1.82) is 0 Å². The van der Waals surface area contributed by atoms with Gasteiger partial charge >= 0.3 is 0 Å². The summed E-state index contributed by atoms with van der Waals surface area (Å²) >= 11 is 0. The minimum absolute atomic E-state index is 0.0597. The average Bonchev–Trinajstić information content (AvgIpc) is 2.96. The Balaban J connectivity index is 2.08. The van der Waals surface area contributed by atoms with Crippen molar-refractivity contribution in [3.63, 3.8) is 0 Å². The van der Waals surface area contributed by atoms with Gasteiger partial charge in [0.05, 0.1) is 6.54 Å². The first-order chi connectivity index (χ1) is 6.63. The van der Waals surface area contributed by atoms with Crippen molar-refractivity contribution in [3.05, 3.63) is 0 Å². The van der Waals surface area contributed by atoms with Gasteiger partial charge < -0.3 is 15.7 Å². The number of carbonyl (C=O) groups is 1. The first-order valence-corrected chi connectivity index (χ1v) is 5.27. The van der Waals surface area contributed by atoms with Gasteiger partial charge in [0.2, 0.25) is 5.91 Å². The summed E-state index contributed by atoms with van der Waals surface area (Å²) in [5, 5.41) is 14.9. The highest BCUT2D eigenvalue weighted by atomic mass is 16.3. The standard InChI is InChI=1S/C10H20N2O2/c1-7(6-13)8(2)11-5-10(14)12-9-3-4-9/h7-9,11,13H,3-6H2,1-2H3,(H,12,14). The van der Waals surface area contributed by atoms with Crippen LogP contribution < -0.4 is 10.6 Å². The minimum atomic E-state index is 0.0597. The monoisotopic (exact) mass is 200 g/mol. The van der Waals surface area contributed by atoms with Crippen LogP contribution in [0.2, 0.25) is 0 Å². The largest absolute Gasteiger partial charge is 0.396 e. The molecule has 4 heteroatoms. The normalized spacial score (nSPS) is 20.2. The summed E-state index contributed by atoms with van der Waals surface area (Å²) in [4.78, 5) is 11.3. The van der Waals surface area contributed by atoms with Crippen molar-refractivity contribution in [2.24, 2.45) is 5.92 Å². The molecule has 0 aromatic heterocycles. The third-order valence-electron chi connectivity index (χ3n) is 2.67. The molecular formula is C10H20N2O2. The minimum Gasteiger partial charge on any atom is -0.396 e. The van der Waals surface area contributed by atoms with E-state index in [1.807, 2.05) is 13.8 Å². The van der Waals surface area contributed by atoms with Gasteiger partial charge in [0.15, 0.2) is 0 Å². The van der Waals surface area contributed by atoms with Gasteiger partial charge in [-0.25, -0.2) is 0 Å². The Labute approximate surface area is 85.1 Å². The lowest BCUT2D eigenvalue weighted by Gasteiger charge is -2.18. The second kappa shape index (κ2) is 5.32. The third-order valence-corrected chi connectivity index (χ3v) is 2.67. The van der Waals surface area contributed by atoms with E-state index in [0.717, 1.165) is 12.8 Å². The van der Waals surface area contributed by atoms with Crippen LogP contribution in [0.1, 0.15) is 26.7 Å². The molecule has 3 N–H and O–H groups in total. The smallest absolute Gasteiger partial charge is 0.234 e. The Kier molecular flexibility index (Phi) is 4.35. The number of amides is 1. The molecule has 0 saturated heterocycles. The van der Waals surface area contributed by atoms with Gasteiger partial charge in [-0.05, 0) is 25.7 Å². The predicted molar refractivity (Wildman–Crippen MR) is 54.9 cm³/mol. The molecule has 1 amide bonds. The van der Waals surface area contributed by atoms with Crippen molar-refractivity contribution in [2.45, 2.75) is 38.8 Å². The van der Waals surface area contributed by atoms with E-state index in [4.69, 9.17) is 5.11 Å². The van der Waals surface area contributed by atoms with Gasteiger partial charge in [0.1, 0.15) is 0 Å². The molecule has 2 atom stereocenters. The number of hydrogen-bond donors (Lipinski definition) is 3. The first kappa shape index (κ1) is 11.5. The predicted octanol–water partition coefficient (Wildman–Crippen LogP) is -0.128. The number of hydrogen-bond acceptors (Lipinski definition) is 3. The van der Waals surface area contributed by atoms with Crippen molar-refractivity contribution < 1.29 is 9.90 Å². The van der Waals surface area contributed by atoms with E-state index in [1.165, 1.54) is 0 Å². The van der Waals surface area contributed by atoms with Crippen LogP contribution in [0, 0.1) is 5.92 Å². The molecule has 1 aliphatic carbocycles. The van der Waals surface area contributed by atoms with E-state index in [1.54, 1.807) is 0 Å². The zero-order chi connectivity index (χ0) is 10.6. The van der Waals surface area contributed by atoms with Gasteiger partial charge in [-0.2, -0.15) is 0 Å². The van der Waals surface area contributed by atoms with Crippen LogP contribution in [0.25, 0.3) is 0 Å². The Morgan fingerprint density at radius 2 is 2.14 bits per heavy atom. The van der Waals surface area contributed by atoms with Gasteiger partial charge in [-0.15, -0.1) is 0 Å². The molecule has 0 radical (unpaired) electrons. The number of carbonyl (C=O) groups excluding carboxylic acids is 1. The van der Waals surface area contributed by atoms with Crippen LogP contribution in [-0.4, -0.2) is 36.2 Å². The maximum absolute atomic E-state index is 11.3. The average molecular weight is 200 g/mol. The van der Waals surface area contributed by atoms with Gasteiger partial charge in [-0.3, -0.25) is 4.79 Å². The van der Waals surface area contributed by atoms with E-state index in [0.29, 0.717) is 12.6 Å². The lowest BCUT2D eigenvalue weighted by atomic mass is 10.1. The summed E-state index contributed by atoms with van der Waals surface area (Å²) in [7, 11) is 0. The van der Waals surface area contributed by atoms with Gasteiger partial charge in [-0.1, -0.05) is 6.92 Å². The van der Waals surface area contributed by atoms with Crippen LogP contribution in [0.3, 0.4) is 0 Å². The van der Waals surface area contributed by atoms with E-state index < -0.39 is 0 Å². The third kappa shape index (κ3) is 4.07. The molecule has 0 bridgehead atoms. The van der Waals surface area contributed by atoms with Crippen LogP contribution in [0.5, 0.6) is 0 Å². The Morgan fingerprint density at radius 3 is 2.64 bits per heavy atom. The molecule has 14 heavy (non-hydrogen) atoms. The zero-order valence-corrected chi connectivity index (χ0v) is 8.92. The summed E-state index contributed by atoms with van der Waals surface area (Å²) in [5.41, 5.74) is 0. The maximum atomic E-state index is 11.3. The molecule has 1 aliphatic rings. The molecule has 2 unspecified atom stereocenters. The molecule has 82 valence electrons. The Bertz CT molecular complexity index is 193. The Morgan fingerprint density at radius 1 is 1.50 bits per heavy atom. The lowest BCUT2D eigenvalue weighted by molar-refractivity contribution is -0.120. The first-order valence-electron chi connectivity index (χ1n) is 5.27. The van der Waals surface area contributed by atoms with Crippen LogP contribution >= 0.6 is 0 Å². The molecule has 0 aromatic carbocycles. The second-order valence-corrected chi connectivity index (χ2v) is 4.17. The van der Waals surface area contributed by atoms with Crippen molar-refractivity contribution >= 4 is 5.91 Å². The molecule has 1 saturated carbocycles. The summed E-state index contributed by atoms with van der Waals surface area (Å²) in [6, 6.07) is 0.597. The summed E-state index contributed by atoms with van der Waals surface area (Å²) < 4.78 is 0. The lowest BCUT2D eigenvalue weighted by Crippen LogP contribution is -2.41.